The monoisotopic (exact) mass is 868 g/mol. The molecule has 348 valence electrons. The van der Waals surface area contributed by atoms with Gasteiger partial charge in [-0.1, -0.05) is 80.9 Å². The first-order valence-electron chi connectivity index (χ1n) is 23.0. The van der Waals surface area contributed by atoms with Crippen molar-refractivity contribution >= 4 is 35.5 Å². The smallest absolute Gasteiger partial charge is 0.329 e. The van der Waals surface area contributed by atoms with Crippen LogP contribution in [-0.2, 0) is 39.9 Å². The van der Waals surface area contributed by atoms with Gasteiger partial charge in [0.05, 0.1) is 19.1 Å². The number of esters is 1. The van der Waals surface area contributed by atoms with E-state index in [0.29, 0.717) is 76.8 Å². The number of hydrogen-bond acceptors (Lipinski definition) is 9. The summed E-state index contributed by atoms with van der Waals surface area (Å²) >= 11 is 0. The van der Waals surface area contributed by atoms with E-state index in [9.17, 15) is 33.9 Å². The summed E-state index contributed by atoms with van der Waals surface area (Å²) < 4.78 is 11.6. The predicted molar refractivity (Wildman–Crippen MR) is 238 cm³/mol. The van der Waals surface area contributed by atoms with Crippen LogP contribution in [0.3, 0.4) is 0 Å². The first-order valence-corrected chi connectivity index (χ1v) is 23.0. The van der Waals surface area contributed by atoms with Crippen molar-refractivity contribution in [2.75, 3.05) is 40.8 Å². The Labute approximate surface area is 370 Å². The third-order valence-corrected chi connectivity index (χ3v) is 13.6. The van der Waals surface area contributed by atoms with E-state index < -0.39 is 71.4 Å². The summed E-state index contributed by atoms with van der Waals surface area (Å²) in [5.74, 6) is -3.08. The van der Waals surface area contributed by atoms with Crippen LogP contribution in [0, 0.1) is 35.0 Å². The molecule has 62 heavy (non-hydrogen) atoms. The topological polar surface area (TPSA) is 166 Å². The predicted octanol–water partition coefficient (Wildman–Crippen LogP) is 5.08. The number of carbonyl (C=O) groups excluding carboxylic acids is 6. The first kappa shape index (κ1) is 50.4. The minimum Gasteiger partial charge on any atom is -0.497 e. The second kappa shape index (κ2) is 21.9. The van der Waals surface area contributed by atoms with Gasteiger partial charge in [-0.05, 0) is 85.8 Å². The number of aliphatic hydroxyl groups excluding tert-OH is 1. The van der Waals surface area contributed by atoms with Crippen molar-refractivity contribution in [3.05, 3.63) is 29.8 Å². The Kier molecular flexibility index (Phi) is 17.8. The summed E-state index contributed by atoms with van der Waals surface area (Å²) in [6.07, 6.45) is 2.12. The summed E-state index contributed by atoms with van der Waals surface area (Å²) in [7, 11) is 4.76. The number of carbonyl (C=O) groups is 6. The molecule has 0 aliphatic carbocycles. The number of ether oxygens (including phenoxy) is 2. The van der Waals surface area contributed by atoms with E-state index in [2.05, 4.69) is 5.32 Å². The highest BCUT2D eigenvalue weighted by Gasteiger charge is 2.45. The standard InChI is InChI=1S/C48H77N5O9/c1-13-31(5)41-46(59)53-22-14-15-37(53)47(60)62-40(48(7,8)9)27-30(4)26-39(54)32(6)43(56)52-23-20-34(21-24-52)42(55)49-36(28-33-16-18-35(61-12)19-17-33)44(57)50(10)38(25-29(2)3)45(58)51(41)11/h16-19,29-32,34,36-41,54H,13-15,20-28H2,1-12H3,(H,49,55)/t30-,31-,32-,36-,37-,38-,39-,40-,41-/m0/s1. The molecule has 2 bridgehead atoms. The van der Waals surface area contributed by atoms with Crippen LogP contribution in [0.4, 0.5) is 0 Å². The third-order valence-electron chi connectivity index (χ3n) is 13.6. The SMILES string of the molecule is CC[C@H](C)[C@H]1C(=O)N2CCC[C@H]2C(=O)O[C@H](C(C)(C)C)C[C@@H](C)C[C@H](O)[C@H](C)C(=O)N2CCC(CC2)C(=O)N[C@@H](Cc2ccc(OC)cc2)C(=O)N(C)[C@@H](CC(C)C)C(=O)N1C. The van der Waals surface area contributed by atoms with Crippen molar-refractivity contribution in [2.45, 2.75) is 156 Å². The van der Waals surface area contributed by atoms with Crippen molar-refractivity contribution in [2.24, 2.45) is 35.0 Å². The molecule has 4 heterocycles. The molecule has 0 unspecified atom stereocenters. The summed E-state index contributed by atoms with van der Waals surface area (Å²) in [4.78, 5) is 92.6. The Bertz CT molecular complexity index is 1700. The molecule has 4 saturated heterocycles. The van der Waals surface area contributed by atoms with Crippen LogP contribution < -0.4 is 10.1 Å². The number of hydrogen-bond donors (Lipinski definition) is 2. The number of methoxy groups -OCH3 is 1. The Morgan fingerprint density at radius 3 is 2.05 bits per heavy atom. The van der Waals surface area contributed by atoms with Gasteiger partial charge in [0, 0.05) is 46.1 Å². The number of likely N-dealkylation sites (N-methyl/N-ethyl adjacent to an activating group) is 2. The number of benzene rings is 1. The third kappa shape index (κ3) is 12.5. The average Bonchev–Trinajstić information content (AvgIpc) is 3.74. The average molecular weight is 868 g/mol. The van der Waals surface area contributed by atoms with Gasteiger partial charge >= 0.3 is 5.97 Å². The molecule has 5 rings (SSSR count). The van der Waals surface area contributed by atoms with E-state index in [-0.39, 0.29) is 41.9 Å². The summed E-state index contributed by atoms with van der Waals surface area (Å²) in [5.41, 5.74) is 0.321. The minimum atomic E-state index is -1.03. The van der Waals surface area contributed by atoms with E-state index in [1.165, 1.54) is 9.80 Å². The molecule has 0 saturated carbocycles. The van der Waals surface area contributed by atoms with Crippen molar-refractivity contribution in [3.8, 4) is 5.75 Å². The lowest BCUT2D eigenvalue weighted by Crippen LogP contribution is -2.60. The zero-order valence-electron chi connectivity index (χ0n) is 39.6. The minimum absolute atomic E-state index is 0.0102. The van der Waals surface area contributed by atoms with E-state index in [4.69, 9.17) is 9.47 Å². The van der Waals surface area contributed by atoms with Crippen LogP contribution in [0.15, 0.2) is 24.3 Å². The van der Waals surface area contributed by atoms with E-state index in [1.54, 1.807) is 50.1 Å². The quantitative estimate of drug-likeness (QED) is 0.281. The van der Waals surface area contributed by atoms with Crippen LogP contribution in [0.2, 0.25) is 0 Å². The van der Waals surface area contributed by atoms with Crippen LogP contribution in [0.1, 0.15) is 119 Å². The Hall–Kier alpha value is -4.20. The number of fused-ring (bicyclic) bond motifs is 19. The highest BCUT2D eigenvalue weighted by molar-refractivity contribution is 5.95. The van der Waals surface area contributed by atoms with Crippen molar-refractivity contribution in [1.82, 2.24) is 24.9 Å². The molecule has 9 atom stereocenters. The van der Waals surface area contributed by atoms with Gasteiger partial charge in [0.1, 0.15) is 36.0 Å². The molecule has 1 aromatic rings. The molecule has 14 heteroatoms. The zero-order chi connectivity index (χ0) is 46.2. The summed E-state index contributed by atoms with van der Waals surface area (Å²) in [6.45, 7) is 18.5. The van der Waals surface area contributed by atoms with E-state index in [1.807, 2.05) is 67.5 Å². The molecule has 1 aromatic carbocycles. The van der Waals surface area contributed by atoms with Crippen LogP contribution in [0.5, 0.6) is 5.75 Å². The summed E-state index contributed by atoms with van der Waals surface area (Å²) in [5, 5.41) is 14.4. The maximum absolute atomic E-state index is 14.9. The number of aliphatic hydroxyl groups is 1. The lowest BCUT2D eigenvalue weighted by Gasteiger charge is -2.40. The van der Waals surface area contributed by atoms with Crippen LogP contribution >= 0.6 is 0 Å². The second-order valence-electron chi connectivity index (χ2n) is 20.0. The highest BCUT2D eigenvalue weighted by Crippen LogP contribution is 2.33. The van der Waals surface area contributed by atoms with Gasteiger partial charge in [-0.15, -0.1) is 0 Å². The lowest BCUT2D eigenvalue weighted by atomic mass is 9.81. The number of rotatable bonds is 7. The van der Waals surface area contributed by atoms with Crippen LogP contribution in [-0.4, -0.2) is 137 Å². The second-order valence-corrected chi connectivity index (χ2v) is 20.0. The number of piperidine rings is 1. The highest BCUT2D eigenvalue weighted by atomic mass is 16.5. The molecular formula is C48H77N5O9. The molecule has 0 radical (unpaired) electrons. The van der Waals surface area contributed by atoms with Crippen LogP contribution in [0.25, 0.3) is 0 Å². The maximum atomic E-state index is 14.9. The molecule has 0 spiro atoms. The maximum Gasteiger partial charge on any atom is 0.329 e. The lowest BCUT2D eigenvalue weighted by molar-refractivity contribution is -0.166. The van der Waals surface area contributed by atoms with Crippen molar-refractivity contribution in [3.63, 3.8) is 0 Å². The van der Waals surface area contributed by atoms with Gasteiger partial charge in [0.25, 0.3) is 0 Å². The van der Waals surface area contributed by atoms with Gasteiger partial charge < -0.3 is 39.5 Å². The Morgan fingerprint density at radius 1 is 0.855 bits per heavy atom. The van der Waals surface area contributed by atoms with Gasteiger partial charge in [0.2, 0.25) is 29.5 Å². The fraction of sp³-hybridized carbons (Fsp3) is 0.750. The number of amides is 5. The molecule has 2 N–H and O–H groups in total. The molecular weight excluding hydrogens is 791 g/mol. The molecule has 4 aliphatic rings. The number of nitrogens with one attached hydrogen (secondary N) is 1. The zero-order valence-corrected chi connectivity index (χ0v) is 39.6. The van der Waals surface area contributed by atoms with Gasteiger partial charge in [0.15, 0.2) is 0 Å². The molecule has 5 amide bonds. The number of nitrogens with zero attached hydrogens (tertiary/aromatic N) is 4. The normalized spacial score (nSPS) is 30.2. The van der Waals surface area contributed by atoms with Crippen molar-refractivity contribution < 1.29 is 43.3 Å². The molecule has 0 aromatic heterocycles. The van der Waals surface area contributed by atoms with Gasteiger partial charge in [-0.3, -0.25) is 24.0 Å². The first-order chi connectivity index (χ1) is 29.1. The van der Waals surface area contributed by atoms with Gasteiger partial charge in [-0.2, -0.15) is 0 Å². The van der Waals surface area contributed by atoms with Crippen molar-refractivity contribution in [1.29, 1.82) is 0 Å². The fourth-order valence-corrected chi connectivity index (χ4v) is 9.28. The molecule has 4 aliphatic heterocycles. The van der Waals surface area contributed by atoms with E-state index in [0.717, 1.165) is 5.56 Å². The molecule has 4 fully saturated rings. The summed E-state index contributed by atoms with van der Waals surface area (Å²) in [6, 6.07) is 3.51. The Balaban J connectivity index is 1.77. The van der Waals surface area contributed by atoms with Gasteiger partial charge in [-0.25, -0.2) is 4.79 Å². The fourth-order valence-electron chi connectivity index (χ4n) is 9.28. The molecule has 14 nitrogen and oxygen atoms in total. The Morgan fingerprint density at radius 2 is 1.48 bits per heavy atom. The van der Waals surface area contributed by atoms with E-state index >= 15 is 0 Å². The largest absolute Gasteiger partial charge is 0.497 e.